The Hall–Kier alpha value is -2.71. The number of carbonyl (C=O) groups excluding carboxylic acids is 1. The summed E-state index contributed by atoms with van der Waals surface area (Å²) in [5, 5.41) is 29.9. The third-order valence-corrected chi connectivity index (χ3v) is 3.08. The van der Waals surface area contributed by atoms with E-state index in [2.05, 4.69) is 0 Å². The van der Waals surface area contributed by atoms with E-state index in [0.717, 1.165) is 6.07 Å². The molecule has 0 fully saturated rings. The molecular weight excluding hydrogens is 294 g/mol. The number of carboxylic acid groups (broad SMARTS) is 1. The number of halogens is 1. The highest BCUT2D eigenvalue weighted by Gasteiger charge is 2.19. The van der Waals surface area contributed by atoms with E-state index < -0.39 is 12.1 Å². The van der Waals surface area contributed by atoms with Crippen molar-refractivity contribution < 1.29 is 19.7 Å². The molecule has 0 spiro atoms. The van der Waals surface area contributed by atoms with Crippen molar-refractivity contribution in [2.45, 2.75) is 6.10 Å². The van der Waals surface area contributed by atoms with Crippen LogP contribution in [-0.4, -0.2) is 11.1 Å². The first kappa shape index (κ1) is 14.7. The van der Waals surface area contributed by atoms with Crippen LogP contribution in [0.1, 0.15) is 17.2 Å². The molecule has 0 aromatic heterocycles. The Kier molecular flexibility index (Phi) is 4.31. The van der Waals surface area contributed by atoms with Crippen LogP contribution in [-0.2, 0) is 4.79 Å². The van der Waals surface area contributed by atoms with Crippen molar-refractivity contribution >= 4 is 17.6 Å². The van der Waals surface area contributed by atoms with Gasteiger partial charge in [-0.05, 0) is 18.2 Å². The fourth-order valence-corrected chi connectivity index (χ4v) is 1.99. The van der Waals surface area contributed by atoms with Crippen LogP contribution < -0.4 is 9.84 Å². The molecule has 1 N–H and O–H groups in total. The fourth-order valence-electron chi connectivity index (χ4n) is 1.75. The Morgan fingerprint density at radius 1 is 1.33 bits per heavy atom. The van der Waals surface area contributed by atoms with Crippen molar-refractivity contribution in [3.8, 4) is 17.6 Å². The van der Waals surface area contributed by atoms with Crippen LogP contribution in [0.3, 0.4) is 0 Å². The van der Waals surface area contributed by atoms with E-state index in [-0.39, 0.29) is 27.6 Å². The molecular formula is C15H9ClNO4-. The second-order valence-electron chi connectivity index (χ2n) is 4.13. The predicted octanol–water partition coefficient (Wildman–Crippen LogP) is 1.79. The van der Waals surface area contributed by atoms with Crippen LogP contribution >= 0.6 is 11.6 Å². The number of carbonyl (C=O) groups is 1. The summed E-state index contributed by atoms with van der Waals surface area (Å²) in [5.41, 5.74) is 0.289. The molecule has 0 aliphatic carbocycles. The van der Waals surface area contributed by atoms with Gasteiger partial charge in [-0.15, -0.1) is 0 Å². The summed E-state index contributed by atoms with van der Waals surface area (Å²) in [6.45, 7) is 0. The van der Waals surface area contributed by atoms with Gasteiger partial charge in [0, 0.05) is 16.7 Å². The molecule has 0 aliphatic rings. The minimum absolute atomic E-state index is 0.0633. The Morgan fingerprint density at radius 3 is 2.67 bits per heavy atom. The maximum absolute atomic E-state index is 11.3. The molecule has 0 heterocycles. The second-order valence-corrected chi connectivity index (χ2v) is 4.54. The van der Waals surface area contributed by atoms with Crippen LogP contribution in [0.2, 0.25) is 5.02 Å². The number of phenolic OH excluding ortho intramolecular Hbond substituents is 1. The number of phenols is 1. The maximum Gasteiger partial charge on any atom is 0.165 e. The van der Waals surface area contributed by atoms with Gasteiger partial charge >= 0.3 is 0 Å². The van der Waals surface area contributed by atoms with Crippen molar-refractivity contribution in [2.24, 2.45) is 0 Å². The topological polar surface area (TPSA) is 93.4 Å². The molecule has 0 aliphatic heterocycles. The first-order chi connectivity index (χ1) is 10.0. The van der Waals surface area contributed by atoms with Crippen molar-refractivity contribution in [2.75, 3.05) is 0 Å². The average molecular weight is 303 g/mol. The lowest BCUT2D eigenvalue weighted by molar-refractivity contribution is -0.314. The zero-order valence-electron chi connectivity index (χ0n) is 10.6. The molecule has 2 rings (SSSR count). The highest BCUT2D eigenvalue weighted by molar-refractivity contribution is 6.31. The summed E-state index contributed by atoms with van der Waals surface area (Å²) >= 11 is 5.95. The van der Waals surface area contributed by atoms with E-state index in [1.165, 1.54) is 24.3 Å². The Morgan fingerprint density at radius 2 is 2.05 bits per heavy atom. The largest absolute Gasteiger partial charge is 0.546 e. The lowest BCUT2D eigenvalue weighted by Crippen LogP contribution is -2.33. The fraction of sp³-hybridized carbons (Fsp3) is 0.0667. The molecule has 6 heteroatoms. The van der Waals surface area contributed by atoms with Crippen molar-refractivity contribution in [1.82, 2.24) is 0 Å². The van der Waals surface area contributed by atoms with Crippen LogP contribution in [0.4, 0.5) is 0 Å². The highest BCUT2D eigenvalue weighted by Crippen LogP contribution is 2.31. The van der Waals surface area contributed by atoms with Crippen LogP contribution in [0.15, 0.2) is 42.5 Å². The zero-order valence-corrected chi connectivity index (χ0v) is 11.4. The molecule has 21 heavy (non-hydrogen) atoms. The molecule has 0 bridgehead atoms. The zero-order chi connectivity index (χ0) is 15.4. The van der Waals surface area contributed by atoms with Gasteiger partial charge in [0.15, 0.2) is 6.10 Å². The normalized spacial score (nSPS) is 11.4. The van der Waals surface area contributed by atoms with E-state index in [1.54, 1.807) is 12.1 Å². The summed E-state index contributed by atoms with van der Waals surface area (Å²) in [5.74, 6) is -1.72. The smallest absolute Gasteiger partial charge is 0.165 e. The van der Waals surface area contributed by atoms with Gasteiger partial charge in [0.05, 0.1) is 11.5 Å². The van der Waals surface area contributed by atoms with Crippen molar-refractivity contribution in [3.05, 3.63) is 58.6 Å². The number of ether oxygens (including phenoxy) is 1. The monoisotopic (exact) mass is 302 g/mol. The minimum Gasteiger partial charge on any atom is -0.546 e. The molecule has 0 saturated heterocycles. The number of rotatable bonds is 4. The molecule has 0 amide bonds. The van der Waals surface area contributed by atoms with E-state index in [4.69, 9.17) is 21.6 Å². The third kappa shape index (κ3) is 3.25. The Labute approximate surface area is 125 Å². The number of aliphatic carboxylic acids is 1. The molecule has 2 aromatic rings. The lowest BCUT2D eigenvalue weighted by Gasteiger charge is -2.22. The summed E-state index contributed by atoms with van der Waals surface area (Å²) in [7, 11) is 0. The van der Waals surface area contributed by atoms with Gasteiger partial charge in [0.1, 0.15) is 17.6 Å². The number of nitrogens with zero attached hydrogens (tertiary/aromatic N) is 1. The summed E-state index contributed by atoms with van der Waals surface area (Å²) in [6, 6.07) is 11.9. The number of nitriles is 1. The van der Waals surface area contributed by atoms with Crippen LogP contribution in [0.5, 0.6) is 11.5 Å². The van der Waals surface area contributed by atoms with Gasteiger partial charge in [-0.25, -0.2) is 0 Å². The number of aromatic hydroxyl groups is 1. The average Bonchev–Trinajstić information content (AvgIpc) is 2.45. The van der Waals surface area contributed by atoms with E-state index in [0.29, 0.717) is 0 Å². The standard InChI is InChI=1S/C15H10ClNO4/c16-12-4-2-1-3-11(12)14(15(19)20)21-13-7-10(18)6-5-9(13)8-17/h1-7,14,18H,(H,19,20)/p-1. The van der Waals surface area contributed by atoms with Gasteiger partial charge in [0.25, 0.3) is 0 Å². The molecule has 0 radical (unpaired) electrons. The molecule has 0 saturated carbocycles. The van der Waals surface area contributed by atoms with E-state index in [1.807, 2.05) is 6.07 Å². The predicted molar refractivity (Wildman–Crippen MR) is 72.6 cm³/mol. The Balaban J connectivity index is 2.43. The van der Waals surface area contributed by atoms with Crippen LogP contribution in [0.25, 0.3) is 0 Å². The highest BCUT2D eigenvalue weighted by atomic mass is 35.5. The number of carboxylic acids is 1. The van der Waals surface area contributed by atoms with E-state index >= 15 is 0 Å². The van der Waals surface area contributed by atoms with Gasteiger partial charge in [-0.1, -0.05) is 29.8 Å². The maximum atomic E-state index is 11.3. The number of hydrogen-bond acceptors (Lipinski definition) is 5. The molecule has 106 valence electrons. The molecule has 2 aromatic carbocycles. The van der Waals surface area contributed by atoms with Gasteiger partial charge in [-0.3, -0.25) is 0 Å². The quantitative estimate of drug-likeness (QED) is 0.929. The molecule has 5 nitrogen and oxygen atoms in total. The van der Waals surface area contributed by atoms with Crippen molar-refractivity contribution in [1.29, 1.82) is 5.26 Å². The van der Waals surface area contributed by atoms with E-state index in [9.17, 15) is 15.0 Å². The van der Waals surface area contributed by atoms with Gasteiger partial charge in [-0.2, -0.15) is 5.26 Å². The second kappa shape index (κ2) is 6.16. The Bertz CT molecular complexity index is 724. The molecule has 1 atom stereocenters. The first-order valence-electron chi connectivity index (χ1n) is 5.88. The SMILES string of the molecule is N#Cc1ccc(O)cc1OC(C(=O)[O-])c1ccccc1Cl. The molecule has 1 unspecified atom stereocenters. The first-order valence-corrected chi connectivity index (χ1v) is 6.25. The van der Waals surface area contributed by atoms with Crippen LogP contribution in [0, 0.1) is 11.3 Å². The van der Waals surface area contributed by atoms with Gasteiger partial charge in [0.2, 0.25) is 0 Å². The van der Waals surface area contributed by atoms with Crippen molar-refractivity contribution in [3.63, 3.8) is 0 Å². The number of benzene rings is 2. The minimum atomic E-state index is -1.50. The summed E-state index contributed by atoms with van der Waals surface area (Å²) in [4.78, 5) is 11.3. The third-order valence-electron chi connectivity index (χ3n) is 2.73. The number of hydrogen-bond donors (Lipinski definition) is 1. The van der Waals surface area contributed by atoms with Gasteiger partial charge < -0.3 is 19.7 Å². The summed E-state index contributed by atoms with van der Waals surface area (Å²) < 4.78 is 5.32. The summed E-state index contributed by atoms with van der Waals surface area (Å²) in [6.07, 6.45) is -1.49. The lowest BCUT2D eigenvalue weighted by atomic mass is 10.1.